The maximum atomic E-state index is 13.4. The monoisotopic (exact) mass is 254 g/mol. The molecule has 2 aromatic rings. The van der Waals surface area contributed by atoms with Crippen molar-refractivity contribution in [3.05, 3.63) is 40.7 Å². The SMILES string of the molecule is Cc1csc(SCc2ccc(N)cc2F)n1. The summed E-state index contributed by atoms with van der Waals surface area (Å²) < 4.78 is 14.4. The third kappa shape index (κ3) is 2.74. The number of aromatic nitrogens is 1. The maximum Gasteiger partial charge on any atom is 0.150 e. The summed E-state index contributed by atoms with van der Waals surface area (Å²) in [5, 5.41) is 1.99. The molecule has 0 saturated heterocycles. The van der Waals surface area contributed by atoms with Crippen LogP contribution < -0.4 is 5.73 Å². The summed E-state index contributed by atoms with van der Waals surface area (Å²) >= 11 is 3.12. The molecule has 0 amide bonds. The molecule has 1 aromatic carbocycles. The Kier molecular flexibility index (Phi) is 3.46. The molecule has 0 aliphatic rings. The molecule has 1 aromatic heterocycles. The van der Waals surface area contributed by atoms with Crippen LogP contribution in [0.15, 0.2) is 27.9 Å². The lowest BCUT2D eigenvalue weighted by molar-refractivity contribution is 0.618. The zero-order valence-corrected chi connectivity index (χ0v) is 10.4. The fraction of sp³-hybridized carbons (Fsp3) is 0.182. The Labute approximate surface area is 102 Å². The zero-order chi connectivity index (χ0) is 11.5. The van der Waals surface area contributed by atoms with Crippen molar-refractivity contribution in [2.45, 2.75) is 17.0 Å². The smallest absolute Gasteiger partial charge is 0.150 e. The second kappa shape index (κ2) is 4.84. The summed E-state index contributed by atoms with van der Waals surface area (Å²) in [4.78, 5) is 4.31. The Bertz CT molecular complexity index is 496. The summed E-state index contributed by atoms with van der Waals surface area (Å²) in [6.45, 7) is 1.95. The molecule has 84 valence electrons. The van der Waals surface area contributed by atoms with Gasteiger partial charge in [-0.3, -0.25) is 0 Å². The van der Waals surface area contributed by atoms with Crippen molar-refractivity contribution in [1.29, 1.82) is 0 Å². The molecule has 0 spiro atoms. The number of halogens is 1. The Morgan fingerprint density at radius 1 is 1.50 bits per heavy atom. The van der Waals surface area contributed by atoms with Crippen molar-refractivity contribution >= 4 is 28.8 Å². The molecule has 0 radical (unpaired) electrons. The van der Waals surface area contributed by atoms with Gasteiger partial charge in [0.2, 0.25) is 0 Å². The first-order valence-corrected chi connectivity index (χ1v) is 6.60. The van der Waals surface area contributed by atoms with Crippen LogP contribution in [0.25, 0.3) is 0 Å². The van der Waals surface area contributed by atoms with Gasteiger partial charge in [0, 0.05) is 22.5 Å². The van der Waals surface area contributed by atoms with Gasteiger partial charge in [0.25, 0.3) is 0 Å². The van der Waals surface area contributed by atoms with E-state index in [0.29, 0.717) is 17.0 Å². The van der Waals surface area contributed by atoms with E-state index in [-0.39, 0.29) is 5.82 Å². The molecule has 0 atom stereocenters. The van der Waals surface area contributed by atoms with Crippen LogP contribution in [0.1, 0.15) is 11.3 Å². The molecule has 2 N–H and O–H groups in total. The topological polar surface area (TPSA) is 38.9 Å². The van der Waals surface area contributed by atoms with Crippen LogP contribution in [0.4, 0.5) is 10.1 Å². The molecule has 5 heteroatoms. The molecule has 0 bridgehead atoms. The van der Waals surface area contributed by atoms with Crippen LogP contribution in [0.3, 0.4) is 0 Å². The number of benzene rings is 1. The summed E-state index contributed by atoms with van der Waals surface area (Å²) in [6, 6.07) is 4.78. The van der Waals surface area contributed by atoms with Gasteiger partial charge in [0.05, 0.1) is 0 Å². The molecule has 2 nitrogen and oxygen atoms in total. The molecule has 0 aliphatic carbocycles. The van der Waals surface area contributed by atoms with Crippen LogP contribution in [-0.2, 0) is 5.75 Å². The Morgan fingerprint density at radius 2 is 2.31 bits per heavy atom. The van der Waals surface area contributed by atoms with E-state index in [1.54, 1.807) is 35.2 Å². The second-order valence-corrected chi connectivity index (χ2v) is 5.47. The van der Waals surface area contributed by atoms with Gasteiger partial charge in [-0.25, -0.2) is 9.37 Å². The predicted molar refractivity (Wildman–Crippen MR) is 67.2 cm³/mol. The van der Waals surface area contributed by atoms with Crippen molar-refractivity contribution in [2.75, 3.05) is 5.73 Å². The number of nitrogens with zero attached hydrogens (tertiary/aromatic N) is 1. The van der Waals surface area contributed by atoms with Gasteiger partial charge < -0.3 is 5.73 Å². The van der Waals surface area contributed by atoms with Crippen LogP contribution in [0, 0.1) is 12.7 Å². The van der Waals surface area contributed by atoms with Crippen molar-refractivity contribution in [3.8, 4) is 0 Å². The zero-order valence-electron chi connectivity index (χ0n) is 8.74. The predicted octanol–water partition coefficient (Wildman–Crippen LogP) is 3.47. The molecular weight excluding hydrogens is 243 g/mol. The Morgan fingerprint density at radius 3 is 2.94 bits per heavy atom. The van der Waals surface area contributed by atoms with E-state index in [9.17, 15) is 4.39 Å². The van der Waals surface area contributed by atoms with Gasteiger partial charge in [-0.1, -0.05) is 17.8 Å². The van der Waals surface area contributed by atoms with Crippen LogP contribution >= 0.6 is 23.1 Å². The average molecular weight is 254 g/mol. The molecular formula is C11H11FN2S2. The van der Waals surface area contributed by atoms with Crippen LogP contribution in [0.5, 0.6) is 0 Å². The van der Waals surface area contributed by atoms with Crippen molar-refractivity contribution in [1.82, 2.24) is 4.98 Å². The molecule has 0 saturated carbocycles. The summed E-state index contributed by atoms with van der Waals surface area (Å²) in [6.07, 6.45) is 0. The summed E-state index contributed by atoms with van der Waals surface area (Å²) in [7, 11) is 0. The van der Waals surface area contributed by atoms with E-state index in [4.69, 9.17) is 5.73 Å². The normalized spacial score (nSPS) is 10.6. The molecule has 0 aliphatic heterocycles. The molecule has 0 unspecified atom stereocenters. The Hall–Kier alpha value is -1.07. The minimum absolute atomic E-state index is 0.249. The number of hydrogen-bond donors (Lipinski definition) is 1. The van der Waals surface area contributed by atoms with E-state index < -0.39 is 0 Å². The third-order valence-corrected chi connectivity index (χ3v) is 4.21. The number of hydrogen-bond acceptors (Lipinski definition) is 4. The first-order valence-electron chi connectivity index (χ1n) is 4.74. The van der Waals surface area contributed by atoms with Gasteiger partial charge in [-0.05, 0) is 24.6 Å². The number of anilines is 1. The highest BCUT2D eigenvalue weighted by Gasteiger charge is 2.05. The largest absolute Gasteiger partial charge is 0.399 e. The molecule has 16 heavy (non-hydrogen) atoms. The van der Waals surface area contributed by atoms with Gasteiger partial charge >= 0.3 is 0 Å². The summed E-state index contributed by atoms with van der Waals surface area (Å²) in [5.74, 6) is 0.333. The van der Waals surface area contributed by atoms with Crippen LogP contribution in [-0.4, -0.2) is 4.98 Å². The summed E-state index contributed by atoms with van der Waals surface area (Å²) in [5.41, 5.74) is 7.60. The van der Waals surface area contributed by atoms with E-state index in [0.717, 1.165) is 10.0 Å². The highest BCUT2D eigenvalue weighted by molar-refractivity contribution is 8.00. The number of thioether (sulfide) groups is 1. The van der Waals surface area contributed by atoms with Gasteiger partial charge in [-0.15, -0.1) is 11.3 Å². The number of thiazole rings is 1. The van der Waals surface area contributed by atoms with Crippen molar-refractivity contribution in [3.63, 3.8) is 0 Å². The lowest BCUT2D eigenvalue weighted by Gasteiger charge is -2.02. The Balaban J connectivity index is 2.04. The van der Waals surface area contributed by atoms with E-state index in [2.05, 4.69) is 4.98 Å². The first-order chi connectivity index (χ1) is 7.65. The lowest BCUT2D eigenvalue weighted by atomic mass is 10.2. The number of nitrogen functional groups attached to an aromatic ring is 1. The first kappa shape index (κ1) is 11.4. The number of nitrogens with two attached hydrogens (primary N) is 1. The standard InChI is InChI=1S/C11H11FN2S2/c1-7-5-15-11(14-7)16-6-8-2-3-9(13)4-10(8)12/h2-5H,6,13H2,1H3. The third-order valence-electron chi connectivity index (χ3n) is 2.03. The van der Waals surface area contributed by atoms with E-state index >= 15 is 0 Å². The van der Waals surface area contributed by atoms with Crippen molar-refractivity contribution in [2.24, 2.45) is 0 Å². The number of aryl methyl sites for hydroxylation is 1. The van der Waals surface area contributed by atoms with E-state index in [1.807, 2.05) is 12.3 Å². The maximum absolute atomic E-state index is 13.4. The molecule has 0 fully saturated rings. The highest BCUT2D eigenvalue weighted by atomic mass is 32.2. The molecule has 1 heterocycles. The lowest BCUT2D eigenvalue weighted by Crippen LogP contribution is -1.91. The second-order valence-electron chi connectivity index (χ2n) is 3.39. The highest BCUT2D eigenvalue weighted by Crippen LogP contribution is 2.27. The minimum atomic E-state index is -0.249. The van der Waals surface area contributed by atoms with Gasteiger partial charge in [0.1, 0.15) is 10.2 Å². The van der Waals surface area contributed by atoms with E-state index in [1.165, 1.54) is 6.07 Å². The van der Waals surface area contributed by atoms with Crippen LogP contribution in [0.2, 0.25) is 0 Å². The van der Waals surface area contributed by atoms with Crippen molar-refractivity contribution < 1.29 is 4.39 Å². The average Bonchev–Trinajstić information content (AvgIpc) is 2.63. The minimum Gasteiger partial charge on any atom is -0.399 e. The number of rotatable bonds is 3. The van der Waals surface area contributed by atoms with Gasteiger partial charge in [-0.2, -0.15) is 0 Å². The molecule has 2 rings (SSSR count). The fourth-order valence-electron chi connectivity index (χ4n) is 1.22. The fourth-order valence-corrected chi connectivity index (χ4v) is 3.05. The van der Waals surface area contributed by atoms with Gasteiger partial charge in [0.15, 0.2) is 0 Å². The quantitative estimate of drug-likeness (QED) is 0.673.